The maximum atomic E-state index is 13.8. The van der Waals surface area contributed by atoms with Crippen molar-refractivity contribution < 1.29 is 38.2 Å². The number of carbonyl (C=O) groups is 5. The van der Waals surface area contributed by atoms with Crippen LogP contribution in [-0.2, 0) is 34.0 Å². The number of Topliss-reactive ketones (excluding diaryl/α,β-unsaturated/α-hetero) is 2. The molecule has 0 N–H and O–H groups in total. The third kappa shape index (κ3) is 2.94. The first-order chi connectivity index (χ1) is 15.7. The average molecular weight is 448 g/mol. The minimum Gasteiger partial charge on any atom is -0.468 e. The first-order valence-corrected chi connectivity index (χ1v) is 10.1. The van der Waals surface area contributed by atoms with Crippen LogP contribution in [0.3, 0.4) is 0 Å². The van der Waals surface area contributed by atoms with Crippen LogP contribution < -0.4 is 0 Å². The summed E-state index contributed by atoms with van der Waals surface area (Å²) in [4.78, 5) is 66.3. The Morgan fingerprint density at radius 3 is 2.00 bits per heavy atom. The Morgan fingerprint density at radius 1 is 0.879 bits per heavy atom. The van der Waals surface area contributed by atoms with Crippen LogP contribution in [0.2, 0.25) is 0 Å². The van der Waals surface area contributed by atoms with Crippen molar-refractivity contribution in [3.8, 4) is 0 Å². The lowest BCUT2D eigenvalue weighted by Crippen LogP contribution is -2.54. The van der Waals surface area contributed by atoms with Gasteiger partial charge in [-0.2, -0.15) is 0 Å². The van der Waals surface area contributed by atoms with E-state index in [-0.39, 0.29) is 27.8 Å². The zero-order chi connectivity index (χ0) is 24.1. The zero-order valence-electron chi connectivity index (χ0n) is 18.4. The molecule has 0 amide bonds. The summed E-state index contributed by atoms with van der Waals surface area (Å²) in [6.45, 7) is 2.90. The molecular weight excluding hydrogens is 428 g/mol. The number of carbonyl (C=O) groups excluding carboxylic acids is 5. The van der Waals surface area contributed by atoms with Crippen LogP contribution in [0.25, 0.3) is 0 Å². The first kappa shape index (κ1) is 22.1. The van der Waals surface area contributed by atoms with Gasteiger partial charge in [0.25, 0.3) is 0 Å². The predicted octanol–water partition coefficient (Wildman–Crippen LogP) is 2.57. The molecule has 1 unspecified atom stereocenters. The first-order valence-electron chi connectivity index (χ1n) is 10.1. The summed E-state index contributed by atoms with van der Waals surface area (Å²) in [5.74, 6) is -4.23. The van der Waals surface area contributed by atoms with Crippen LogP contribution in [-0.4, -0.2) is 43.7 Å². The summed E-state index contributed by atoms with van der Waals surface area (Å²) in [5.41, 5.74) is -2.02. The molecule has 0 saturated carbocycles. The fourth-order valence-electron chi connectivity index (χ4n) is 4.63. The van der Waals surface area contributed by atoms with E-state index in [0.29, 0.717) is 5.56 Å². The zero-order valence-corrected chi connectivity index (χ0v) is 18.4. The van der Waals surface area contributed by atoms with E-state index in [1.54, 1.807) is 31.2 Å². The lowest BCUT2D eigenvalue weighted by molar-refractivity contribution is -0.159. The second-order valence-electron chi connectivity index (χ2n) is 7.81. The predicted molar refractivity (Wildman–Crippen MR) is 114 cm³/mol. The third-order valence-electron chi connectivity index (χ3n) is 5.96. The molecule has 2 aromatic rings. The van der Waals surface area contributed by atoms with Gasteiger partial charge in [-0.25, -0.2) is 0 Å². The quantitative estimate of drug-likeness (QED) is 0.400. The second-order valence-corrected chi connectivity index (χ2v) is 7.81. The maximum Gasteiger partial charge on any atom is 0.332 e. The lowest BCUT2D eigenvalue weighted by atomic mass is 9.60. The number of ether oxygens (including phenoxy) is 3. The van der Waals surface area contributed by atoms with Crippen LogP contribution in [0.5, 0.6) is 0 Å². The van der Waals surface area contributed by atoms with Crippen molar-refractivity contribution in [1.29, 1.82) is 0 Å². The van der Waals surface area contributed by atoms with E-state index in [1.807, 2.05) is 0 Å². The van der Waals surface area contributed by atoms with E-state index in [9.17, 15) is 24.0 Å². The number of methoxy groups -OCH3 is 2. The molecule has 2 aliphatic carbocycles. The lowest BCUT2D eigenvalue weighted by Gasteiger charge is -2.41. The molecule has 8 nitrogen and oxygen atoms in total. The topological polar surface area (TPSA) is 113 Å². The van der Waals surface area contributed by atoms with Crippen LogP contribution >= 0.6 is 0 Å². The van der Waals surface area contributed by atoms with Crippen LogP contribution in [0.1, 0.15) is 50.4 Å². The van der Waals surface area contributed by atoms with Crippen LogP contribution in [0.4, 0.5) is 0 Å². The molecule has 2 aromatic carbocycles. The largest absolute Gasteiger partial charge is 0.468 e. The number of hydrogen-bond acceptors (Lipinski definition) is 8. The summed E-state index contributed by atoms with van der Waals surface area (Å²) in [6.07, 6.45) is -1.31. The molecule has 0 heterocycles. The molecule has 0 radical (unpaired) electrons. The number of aryl methyl sites for hydroxylation is 1. The van der Waals surface area contributed by atoms with Crippen molar-refractivity contribution >= 4 is 29.5 Å². The molecule has 0 aromatic heterocycles. The van der Waals surface area contributed by atoms with Gasteiger partial charge < -0.3 is 14.2 Å². The number of ketones is 2. The number of esters is 3. The molecule has 0 bridgehead atoms. The maximum absolute atomic E-state index is 13.8. The molecule has 33 heavy (non-hydrogen) atoms. The van der Waals surface area contributed by atoms with E-state index >= 15 is 0 Å². The van der Waals surface area contributed by atoms with E-state index < -0.39 is 46.6 Å². The number of benzene rings is 2. The van der Waals surface area contributed by atoms with Gasteiger partial charge in [0.2, 0.25) is 5.41 Å². The summed E-state index contributed by atoms with van der Waals surface area (Å²) < 4.78 is 15.5. The molecule has 2 aliphatic rings. The number of fused-ring (bicyclic) bond motifs is 2. The van der Waals surface area contributed by atoms with Gasteiger partial charge in [-0.15, -0.1) is 0 Å². The van der Waals surface area contributed by atoms with Gasteiger partial charge in [-0.05, 0) is 12.5 Å². The van der Waals surface area contributed by atoms with Crippen LogP contribution in [0, 0.1) is 6.92 Å². The highest BCUT2D eigenvalue weighted by atomic mass is 16.6. The number of hydrogen-bond donors (Lipinski definition) is 0. The molecule has 0 fully saturated rings. The van der Waals surface area contributed by atoms with Crippen molar-refractivity contribution in [2.45, 2.75) is 25.4 Å². The average Bonchev–Trinajstić information content (AvgIpc) is 2.80. The van der Waals surface area contributed by atoms with E-state index in [2.05, 4.69) is 0 Å². The highest BCUT2D eigenvalue weighted by molar-refractivity contribution is 6.33. The van der Waals surface area contributed by atoms with E-state index in [4.69, 9.17) is 14.2 Å². The van der Waals surface area contributed by atoms with Crippen molar-refractivity contribution in [3.05, 3.63) is 81.4 Å². The van der Waals surface area contributed by atoms with Crippen molar-refractivity contribution in [1.82, 2.24) is 0 Å². The molecule has 1 atom stereocenters. The fourth-order valence-corrected chi connectivity index (χ4v) is 4.63. The van der Waals surface area contributed by atoms with Gasteiger partial charge in [-0.1, -0.05) is 48.0 Å². The molecule has 8 heteroatoms. The number of rotatable bonds is 3. The van der Waals surface area contributed by atoms with Gasteiger partial charge in [0.05, 0.1) is 19.8 Å². The molecule has 0 aliphatic heterocycles. The highest BCUT2D eigenvalue weighted by Gasteiger charge is 2.63. The van der Waals surface area contributed by atoms with Gasteiger partial charge >= 0.3 is 17.9 Å². The highest BCUT2D eigenvalue weighted by Crippen LogP contribution is 2.52. The summed E-state index contributed by atoms with van der Waals surface area (Å²) in [6, 6.07) is 10.8. The Kier molecular flexibility index (Phi) is 5.24. The summed E-state index contributed by atoms with van der Waals surface area (Å²) in [5, 5.41) is 0. The molecule has 168 valence electrons. The SMILES string of the molecule is COC(=O)C1(C(=O)OC)C2=C(C(=O)c3ccccc3C2=O)C(OC(C)=O)c2ccc(C)cc21. The summed E-state index contributed by atoms with van der Waals surface area (Å²) in [7, 11) is 2.15. The van der Waals surface area contributed by atoms with Gasteiger partial charge in [0.1, 0.15) is 0 Å². The summed E-state index contributed by atoms with van der Waals surface area (Å²) >= 11 is 0. The normalized spacial score (nSPS) is 18.0. The third-order valence-corrected chi connectivity index (χ3v) is 5.96. The van der Waals surface area contributed by atoms with Crippen molar-refractivity contribution in [3.63, 3.8) is 0 Å². The Hall–Kier alpha value is -4.07. The smallest absolute Gasteiger partial charge is 0.332 e. The second kappa shape index (κ2) is 7.81. The van der Waals surface area contributed by atoms with E-state index in [1.165, 1.54) is 25.1 Å². The van der Waals surface area contributed by atoms with Crippen molar-refractivity contribution in [2.75, 3.05) is 14.2 Å². The van der Waals surface area contributed by atoms with Gasteiger partial charge in [-0.3, -0.25) is 24.0 Å². The van der Waals surface area contributed by atoms with Gasteiger partial charge in [0, 0.05) is 29.2 Å². The van der Waals surface area contributed by atoms with Crippen LogP contribution in [0.15, 0.2) is 53.6 Å². The van der Waals surface area contributed by atoms with Crippen molar-refractivity contribution in [2.24, 2.45) is 0 Å². The fraction of sp³-hybridized carbons (Fsp3) is 0.240. The monoisotopic (exact) mass is 448 g/mol. The Morgan fingerprint density at radius 2 is 1.45 bits per heavy atom. The molecule has 0 saturated heterocycles. The van der Waals surface area contributed by atoms with E-state index in [0.717, 1.165) is 14.2 Å². The Labute approximate surface area is 189 Å². The molecule has 0 spiro atoms. The van der Waals surface area contributed by atoms with Gasteiger partial charge in [0.15, 0.2) is 17.7 Å². The standard InChI is InChI=1S/C25H20O8/c1-12-9-10-16-17(11-12)25(23(29)31-3,24(30)32-4)19-18(22(16)33-13(2)26)20(27)14-7-5-6-8-15(14)21(19)28/h5-11,22H,1-4H3. The minimum absolute atomic E-state index is 0.0242. The Balaban J connectivity index is 2.22. The Bertz CT molecular complexity index is 1270. The minimum atomic E-state index is -2.38. The molecular formula is C25H20O8. The molecule has 4 rings (SSSR count).